The summed E-state index contributed by atoms with van der Waals surface area (Å²) in [5.41, 5.74) is 0. The molecule has 2 N–H and O–H groups in total. The topological polar surface area (TPSA) is 135 Å². The van der Waals surface area contributed by atoms with Crippen LogP contribution >= 0.6 is 0 Å². The van der Waals surface area contributed by atoms with Gasteiger partial charge in [0.25, 0.3) is 0 Å². The lowest BCUT2D eigenvalue weighted by molar-refractivity contribution is -0.145. The van der Waals surface area contributed by atoms with Gasteiger partial charge in [-0.05, 0) is 18.8 Å². The number of rotatable bonds is 11. The number of aromatic nitrogens is 1. The van der Waals surface area contributed by atoms with Crippen LogP contribution in [0.3, 0.4) is 0 Å². The molecule has 3 rings (SSSR count). The number of hydrogen-bond acceptors (Lipinski definition) is 8. The van der Waals surface area contributed by atoms with Crippen LogP contribution in [0.25, 0.3) is 0 Å². The summed E-state index contributed by atoms with van der Waals surface area (Å²) in [6.45, 7) is 4.17. The Morgan fingerprint density at radius 1 is 1.32 bits per heavy atom. The molecule has 2 aliphatic heterocycles. The molecule has 0 spiro atoms. The van der Waals surface area contributed by atoms with E-state index in [4.69, 9.17) is 14.4 Å². The van der Waals surface area contributed by atoms with E-state index in [0.29, 0.717) is 25.5 Å². The van der Waals surface area contributed by atoms with Gasteiger partial charge >= 0.3 is 19.1 Å². The summed E-state index contributed by atoms with van der Waals surface area (Å²) in [4.78, 5) is 53.1. The van der Waals surface area contributed by atoms with Crippen LogP contribution in [-0.4, -0.2) is 65.5 Å². The normalized spacial score (nSPS) is 20.7. The number of carbonyl (C=O) groups is 4. The number of carbonyl (C=O) groups excluding carboxylic acids is 3. The van der Waals surface area contributed by atoms with E-state index >= 15 is 0 Å². The van der Waals surface area contributed by atoms with Crippen molar-refractivity contribution < 1.29 is 42.4 Å². The predicted octanol–water partition coefficient (Wildman–Crippen LogP) is 1.26. The van der Waals surface area contributed by atoms with Crippen LogP contribution in [0.2, 0.25) is 0 Å². The Morgan fingerprint density at radius 2 is 2.06 bits per heavy atom. The molecule has 1 amide bonds. The molecule has 0 bridgehead atoms. The summed E-state index contributed by atoms with van der Waals surface area (Å²) in [6.07, 6.45) is -0.337. The Bertz CT molecular complexity index is 964. The molecule has 2 fully saturated rings. The fraction of sp³-hybridized carbons (Fsp3) is 0.571. The highest BCUT2D eigenvalue weighted by atomic mass is 19.1. The van der Waals surface area contributed by atoms with E-state index in [0.717, 1.165) is 6.20 Å². The molecule has 34 heavy (non-hydrogen) atoms. The summed E-state index contributed by atoms with van der Waals surface area (Å²) in [7, 11) is -1.13. The second kappa shape index (κ2) is 10.9. The molecular weight excluding hydrogens is 455 g/mol. The molecule has 0 aromatic carbocycles. The number of anilines is 1. The summed E-state index contributed by atoms with van der Waals surface area (Å²) in [5, 5.41) is 11.6. The number of hydrogen-bond donors (Lipinski definition) is 2. The zero-order chi connectivity index (χ0) is 25.0. The average molecular weight is 481 g/mol. The van der Waals surface area contributed by atoms with Crippen molar-refractivity contribution in [2.45, 2.75) is 64.0 Å². The highest BCUT2D eigenvalue weighted by molar-refractivity contribution is 6.51. The minimum Gasteiger partial charge on any atom is -0.506 e. The van der Waals surface area contributed by atoms with Gasteiger partial charge in [0.1, 0.15) is 5.82 Å². The van der Waals surface area contributed by atoms with Crippen molar-refractivity contribution in [3.8, 4) is 0 Å². The number of nitrogens with zero attached hydrogens (tertiary/aromatic N) is 2. The van der Waals surface area contributed by atoms with Crippen LogP contribution in [0.1, 0.15) is 46.0 Å². The second-order valence-corrected chi connectivity index (χ2v) is 8.75. The van der Waals surface area contributed by atoms with Crippen molar-refractivity contribution in [3.63, 3.8) is 0 Å². The maximum atomic E-state index is 14.0. The molecule has 2 aliphatic rings. The van der Waals surface area contributed by atoms with Gasteiger partial charge in [0, 0.05) is 25.5 Å². The van der Waals surface area contributed by atoms with Gasteiger partial charge in [-0.15, -0.1) is 0 Å². The van der Waals surface area contributed by atoms with Gasteiger partial charge in [-0.2, -0.15) is 0 Å². The molecule has 1 aromatic rings. The molecule has 0 radical (unpaired) electrons. The van der Waals surface area contributed by atoms with Crippen molar-refractivity contribution in [1.29, 1.82) is 0 Å². The average Bonchev–Trinajstić information content (AvgIpc) is 3.06. The van der Waals surface area contributed by atoms with Gasteiger partial charge < -0.3 is 24.6 Å². The fourth-order valence-electron chi connectivity index (χ4n) is 3.93. The van der Waals surface area contributed by atoms with Crippen LogP contribution in [0.4, 0.5) is 14.6 Å². The quantitative estimate of drug-likeness (QED) is 0.448. The first-order valence-electron chi connectivity index (χ1n) is 11.0. The molecule has 0 saturated carbocycles. The Hall–Kier alpha value is -3.09. The number of carboxylic acid groups (broad SMARTS) is 1. The Balaban J connectivity index is 1.54. The molecule has 1 aromatic heterocycles. The number of carboxylic acids is 1. The number of amides is 1. The summed E-state index contributed by atoms with van der Waals surface area (Å²) >= 11 is 0. The Kier molecular flexibility index (Phi) is 8.18. The van der Waals surface area contributed by atoms with Crippen molar-refractivity contribution in [2.24, 2.45) is 5.92 Å². The van der Waals surface area contributed by atoms with Crippen molar-refractivity contribution in [2.75, 3.05) is 11.4 Å². The zero-order valence-electron chi connectivity index (χ0n) is 18.8. The molecule has 10 nitrogen and oxygen atoms in total. The van der Waals surface area contributed by atoms with Gasteiger partial charge in [0.05, 0.1) is 24.6 Å². The van der Waals surface area contributed by atoms with Gasteiger partial charge in [-0.3, -0.25) is 19.2 Å². The lowest BCUT2D eigenvalue weighted by Crippen LogP contribution is -2.53. The van der Waals surface area contributed by atoms with E-state index in [1.54, 1.807) is 0 Å². The molecule has 3 atom stereocenters. The summed E-state index contributed by atoms with van der Waals surface area (Å²) < 4.78 is 37.6. The number of aliphatic carboxylic acids is 1. The third-order valence-electron chi connectivity index (χ3n) is 5.60. The van der Waals surface area contributed by atoms with Crippen molar-refractivity contribution in [3.05, 3.63) is 23.9 Å². The Labute approximate surface area is 195 Å². The fourth-order valence-corrected chi connectivity index (χ4v) is 3.93. The number of ketones is 1. The molecular formula is C21H26BF2N3O7. The first-order valence-corrected chi connectivity index (χ1v) is 11.0. The minimum atomic E-state index is -1.25. The number of halogens is 2. The highest BCUT2D eigenvalue weighted by Crippen LogP contribution is 2.28. The van der Waals surface area contributed by atoms with Gasteiger partial charge in [0.15, 0.2) is 23.5 Å². The third kappa shape index (κ3) is 6.28. The number of nitrogens with one attached hydrogen (secondary N) is 1. The van der Waals surface area contributed by atoms with Gasteiger partial charge in [-0.1, -0.05) is 13.8 Å². The van der Waals surface area contributed by atoms with Crippen molar-refractivity contribution >= 4 is 36.6 Å². The molecule has 184 valence electrons. The van der Waals surface area contributed by atoms with E-state index in [9.17, 15) is 28.0 Å². The first-order chi connectivity index (χ1) is 16.0. The molecule has 13 heteroatoms. The van der Waals surface area contributed by atoms with E-state index in [2.05, 4.69) is 10.3 Å². The Morgan fingerprint density at radius 3 is 2.65 bits per heavy atom. The SMILES string of the molecule is CC(C)C[C@H](NC(=O)CCC(=O)[C@@H]1CCN1c1ncc(F)cc1F)B1OC(=O)[C@H](CC(=O)O)O1. The number of pyridine rings is 1. The van der Waals surface area contributed by atoms with Crippen LogP contribution in [0.5, 0.6) is 0 Å². The van der Waals surface area contributed by atoms with E-state index < -0.39 is 61.1 Å². The smallest absolute Gasteiger partial charge is 0.506 e. The van der Waals surface area contributed by atoms with Crippen LogP contribution < -0.4 is 10.2 Å². The van der Waals surface area contributed by atoms with Gasteiger partial charge in [-0.25, -0.2) is 13.8 Å². The van der Waals surface area contributed by atoms with Crippen LogP contribution in [0, 0.1) is 17.6 Å². The highest BCUT2D eigenvalue weighted by Gasteiger charge is 2.46. The molecule has 0 unspecified atom stereocenters. The van der Waals surface area contributed by atoms with Crippen LogP contribution in [-0.2, 0) is 28.5 Å². The summed E-state index contributed by atoms with van der Waals surface area (Å²) in [5.74, 6) is -5.19. The maximum Gasteiger partial charge on any atom is 0.552 e. The van der Waals surface area contributed by atoms with Crippen molar-refractivity contribution in [1.82, 2.24) is 10.3 Å². The van der Waals surface area contributed by atoms with E-state index in [1.165, 1.54) is 4.90 Å². The number of Topliss-reactive ketones (excluding diaryl/α,β-unsaturated/α-hetero) is 1. The first kappa shape index (κ1) is 25.5. The van der Waals surface area contributed by atoms with Crippen LogP contribution in [0.15, 0.2) is 12.3 Å². The van der Waals surface area contributed by atoms with E-state index in [-0.39, 0.29) is 30.4 Å². The lowest BCUT2D eigenvalue weighted by Gasteiger charge is -2.40. The van der Waals surface area contributed by atoms with E-state index in [1.807, 2.05) is 13.8 Å². The third-order valence-corrected chi connectivity index (χ3v) is 5.60. The maximum absolute atomic E-state index is 14.0. The minimum absolute atomic E-state index is 0.0920. The molecule has 2 saturated heterocycles. The molecule has 3 heterocycles. The standard InChI is InChI=1S/C21H26BF2N3O7/c1-11(2)7-17(22-33-16(9-19(30)31)21(32)34-22)26-18(29)4-3-15(28)14-5-6-27(14)20-13(24)8-12(23)10-25-20/h8,10-11,14,16-17H,3-7,9H2,1-2H3,(H,26,29)(H,30,31)/t14-,16-,17-/m0/s1. The zero-order valence-corrected chi connectivity index (χ0v) is 18.8. The second-order valence-electron chi connectivity index (χ2n) is 8.75. The largest absolute Gasteiger partial charge is 0.552 e. The molecule has 0 aliphatic carbocycles. The monoisotopic (exact) mass is 481 g/mol. The lowest BCUT2D eigenvalue weighted by atomic mass is 9.74. The van der Waals surface area contributed by atoms with Gasteiger partial charge in [0.2, 0.25) is 5.91 Å². The summed E-state index contributed by atoms with van der Waals surface area (Å²) in [6, 6.07) is 0.0475. The predicted molar refractivity (Wildman–Crippen MR) is 115 cm³/mol.